The minimum absolute atomic E-state index is 0.264. The molecule has 0 saturated heterocycles. The Balaban J connectivity index is 1.57. The zero-order valence-electron chi connectivity index (χ0n) is 18.6. The molecule has 34 heavy (non-hydrogen) atoms. The Morgan fingerprint density at radius 1 is 1.06 bits per heavy atom. The fourth-order valence-electron chi connectivity index (χ4n) is 3.30. The van der Waals surface area contributed by atoms with E-state index in [0.29, 0.717) is 22.4 Å². The first kappa shape index (κ1) is 24.0. The summed E-state index contributed by atoms with van der Waals surface area (Å²) in [6.45, 7) is 3.89. The van der Waals surface area contributed by atoms with Crippen LogP contribution in [0.25, 0.3) is 5.69 Å². The van der Waals surface area contributed by atoms with E-state index in [-0.39, 0.29) is 11.8 Å². The second-order valence-corrected chi connectivity index (χ2v) is 9.52. The maximum Gasteiger partial charge on any atom is 0.319 e. The van der Waals surface area contributed by atoms with Crippen molar-refractivity contribution in [1.82, 2.24) is 20.1 Å². The molecule has 0 spiro atoms. The monoisotopic (exact) mass is 539 g/mol. The first-order chi connectivity index (χ1) is 16.4. The van der Waals surface area contributed by atoms with Crippen LogP contribution in [0.3, 0.4) is 0 Å². The van der Waals surface area contributed by atoms with Crippen molar-refractivity contribution in [3.63, 3.8) is 0 Å². The van der Waals surface area contributed by atoms with Crippen molar-refractivity contribution in [1.29, 1.82) is 0 Å². The fourth-order valence-corrected chi connectivity index (χ4v) is 4.60. The quantitative estimate of drug-likeness (QED) is 0.258. The molecule has 4 aromatic rings. The number of carbonyl (C=O) groups is 1. The van der Waals surface area contributed by atoms with Gasteiger partial charge in [0.1, 0.15) is 5.82 Å². The van der Waals surface area contributed by atoms with Crippen LogP contribution in [-0.2, 0) is 5.75 Å². The SMILES string of the molecule is Cc1ccc(-n2c(SCc3ccc(F)cc3)nnc2C(C)NC(=O)Nc2ccccc2Br)cc1. The lowest BCUT2D eigenvalue weighted by Gasteiger charge is -2.17. The molecular weight excluding hydrogens is 517 g/mol. The van der Waals surface area contributed by atoms with Crippen LogP contribution in [0.5, 0.6) is 0 Å². The Labute approximate surface area is 210 Å². The molecule has 1 unspecified atom stereocenters. The van der Waals surface area contributed by atoms with E-state index in [0.717, 1.165) is 21.3 Å². The Hall–Kier alpha value is -3.17. The largest absolute Gasteiger partial charge is 0.328 e. The number of urea groups is 1. The van der Waals surface area contributed by atoms with E-state index >= 15 is 0 Å². The molecule has 0 fully saturated rings. The minimum atomic E-state index is -0.420. The third-order valence-electron chi connectivity index (χ3n) is 5.09. The summed E-state index contributed by atoms with van der Waals surface area (Å²) in [6, 6.07) is 21.1. The number of aryl methyl sites for hydroxylation is 1. The number of rotatable bonds is 7. The van der Waals surface area contributed by atoms with Gasteiger partial charge < -0.3 is 10.6 Å². The average Bonchev–Trinajstić information content (AvgIpc) is 3.25. The third kappa shape index (κ3) is 5.84. The zero-order chi connectivity index (χ0) is 24.1. The van der Waals surface area contributed by atoms with Gasteiger partial charge in [-0.25, -0.2) is 9.18 Å². The number of carbonyl (C=O) groups excluding carboxylic acids is 1. The van der Waals surface area contributed by atoms with Gasteiger partial charge in [-0.15, -0.1) is 10.2 Å². The number of para-hydroxylation sites is 1. The molecule has 9 heteroatoms. The maximum atomic E-state index is 13.2. The third-order valence-corrected chi connectivity index (χ3v) is 6.78. The summed E-state index contributed by atoms with van der Waals surface area (Å²) in [4.78, 5) is 12.6. The molecule has 1 atom stereocenters. The maximum absolute atomic E-state index is 13.2. The molecule has 0 aliphatic rings. The Morgan fingerprint density at radius 3 is 2.47 bits per heavy atom. The van der Waals surface area contributed by atoms with Crippen molar-refractivity contribution in [3.8, 4) is 5.69 Å². The van der Waals surface area contributed by atoms with Gasteiger partial charge in [-0.3, -0.25) is 4.57 Å². The van der Waals surface area contributed by atoms with Gasteiger partial charge in [-0.05, 0) is 71.7 Å². The molecular formula is C25H23BrFN5OS. The van der Waals surface area contributed by atoms with Gasteiger partial charge in [0, 0.05) is 15.9 Å². The molecule has 1 heterocycles. The van der Waals surface area contributed by atoms with E-state index in [4.69, 9.17) is 0 Å². The molecule has 0 saturated carbocycles. The summed E-state index contributed by atoms with van der Waals surface area (Å²) in [5.74, 6) is 0.946. The van der Waals surface area contributed by atoms with Crippen LogP contribution in [0.1, 0.15) is 29.9 Å². The number of halogens is 2. The number of nitrogens with one attached hydrogen (secondary N) is 2. The number of hydrogen-bond donors (Lipinski definition) is 2. The van der Waals surface area contributed by atoms with E-state index in [1.807, 2.05) is 66.9 Å². The predicted molar refractivity (Wildman–Crippen MR) is 137 cm³/mol. The van der Waals surface area contributed by atoms with Gasteiger partial charge in [0.25, 0.3) is 0 Å². The number of benzene rings is 3. The van der Waals surface area contributed by atoms with Gasteiger partial charge >= 0.3 is 6.03 Å². The Kier molecular flexibility index (Phi) is 7.64. The number of anilines is 1. The summed E-state index contributed by atoms with van der Waals surface area (Å²) < 4.78 is 16.0. The number of hydrogen-bond acceptors (Lipinski definition) is 4. The van der Waals surface area contributed by atoms with Crippen molar-refractivity contribution in [2.24, 2.45) is 0 Å². The summed E-state index contributed by atoms with van der Waals surface area (Å²) in [6.07, 6.45) is 0. The summed E-state index contributed by atoms with van der Waals surface area (Å²) >= 11 is 4.93. The first-order valence-corrected chi connectivity index (χ1v) is 12.4. The highest BCUT2D eigenvalue weighted by Gasteiger charge is 2.21. The molecule has 0 radical (unpaired) electrons. The molecule has 174 valence electrons. The van der Waals surface area contributed by atoms with Crippen LogP contribution < -0.4 is 10.6 Å². The molecule has 6 nitrogen and oxygen atoms in total. The highest BCUT2D eigenvalue weighted by molar-refractivity contribution is 9.10. The molecule has 2 N–H and O–H groups in total. The van der Waals surface area contributed by atoms with Gasteiger partial charge in [0.05, 0.1) is 11.7 Å². The molecule has 0 aliphatic heterocycles. The van der Waals surface area contributed by atoms with Crippen molar-refractivity contribution >= 4 is 39.4 Å². The lowest BCUT2D eigenvalue weighted by Crippen LogP contribution is -2.32. The number of aromatic nitrogens is 3. The van der Waals surface area contributed by atoms with Gasteiger partial charge in [0.15, 0.2) is 11.0 Å². The normalized spacial score (nSPS) is 11.8. The van der Waals surface area contributed by atoms with E-state index in [1.54, 1.807) is 12.1 Å². The number of thioether (sulfide) groups is 1. The average molecular weight is 540 g/mol. The van der Waals surface area contributed by atoms with Crippen molar-refractivity contribution in [2.45, 2.75) is 30.8 Å². The highest BCUT2D eigenvalue weighted by atomic mass is 79.9. The zero-order valence-corrected chi connectivity index (χ0v) is 21.0. The molecule has 3 aromatic carbocycles. The molecule has 4 rings (SSSR count). The molecule has 1 aromatic heterocycles. The molecule has 0 bridgehead atoms. The van der Waals surface area contributed by atoms with Crippen molar-refractivity contribution in [2.75, 3.05) is 5.32 Å². The van der Waals surface area contributed by atoms with E-state index in [9.17, 15) is 9.18 Å². The van der Waals surface area contributed by atoms with Crippen molar-refractivity contribution in [3.05, 3.63) is 100 Å². The van der Waals surface area contributed by atoms with Crippen LogP contribution in [0.15, 0.2) is 82.4 Å². The van der Waals surface area contributed by atoms with E-state index in [1.165, 1.54) is 23.9 Å². The van der Waals surface area contributed by atoms with E-state index < -0.39 is 6.04 Å². The lowest BCUT2D eigenvalue weighted by molar-refractivity contribution is 0.248. The predicted octanol–water partition coefficient (Wildman–Crippen LogP) is 6.65. The highest BCUT2D eigenvalue weighted by Crippen LogP contribution is 2.28. The number of amides is 2. The Bertz CT molecular complexity index is 1280. The van der Waals surface area contributed by atoms with Gasteiger partial charge in [-0.2, -0.15) is 0 Å². The van der Waals surface area contributed by atoms with Crippen LogP contribution in [0, 0.1) is 12.7 Å². The summed E-state index contributed by atoms with van der Waals surface area (Å²) in [5, 5.41) is 15.3. The number of nitrogens with zero attached hydrogens (tertiary/aromatic N) is 3. The standard InChI is InChI=1S/C25H23BrFN5OS/c1-16-7-13-20(14-8-16)32-23(17(2)28-24(33)29-22-6-4-3-5-21(22)26)30-31-25(32)34-15-18-9-11-19(27)12-10-18/h3-14,17H,15H2,1-2H3,(H2,28,29,33). The second-order valence-electron chi connectivity index (χ2n) is 7.73. The van der Waals surface area contributed by atoms with Gasteiger partial charge in [0.2, 0.25) is 0 Å². The fraction of sp³-hybridized carbons (Fsp3) is 0.160. The second kappa shape index (κ2) is 10.8. The van der Waals surface area contributed by atoms with Crippen LogP contribution in [-0.4, -0.2) is 20.8 Å². The first-order valence-electron chi connectivity index (χ1n) is 10.6. The summed E-state index contributed by atoms with van der Waals surface area (Å²) in [5.41, 5.74) is 3.68. The lowest BCUT2D eigenvalue weighted by atomic mass is 10.2. The van der Waals surface area contributed by atoms with Crippen LogP contribution in [0.2, 0.25) is 0 Å². The van der Waals surface area contributed by atoms with Crippen LogP contribution in [0.4, 0.5) is 14.9 Å². The van der Waals surface area contributed by atoms with Gasteiger partial charge in [-0.1, -0.05) is 53.7 Å². The topological polar surface area (TPSA) is 71.8 Å². The molecule has 2 amide bonds. The minimum Gasteiger partial charge on any atom is -0.328 e. The smallest absolute Gasteiger partial charge is 0.319 e. The molecule has 0 aliphatic carbocycles. The summed E-state index contributed by atoms with van der Waals surface area (Å²) in [7, 11) is 0. The van der Waals surface area contributed by atoms with E-state index in [2.05, 4.69) is 36.8 Å². The Morgan fingerprint density at radius 2 is 1.76 bits per heavy atom. The van der Waals surface area contributed by atoms with Crippen LogP contribution >= 0.6 is 27.7 Å². The van der Waals surface area contributed by atoms with Crippen molar-refractivity contribution < 1.29 is 9.18 Å².